The maximum Gasteiger partial charge on any atom is 0.261 e. The molecular formula is C37H36N4O6. The van der Waals surface area contributed by atoms with Gasteiger partial charge in [0.25, 0.3) is 11.8 Å². The third kappa shape index (κ3) is 3.96. The second kappa shape index (κ2) is 10.6. The second-order valence-corrected chi connectivity index (χ2v) is 13.2. The number of ether oxygens (including phenoxy) is 3. The normalized spacial score (nSPS) is 25.5. The largest absolute Gasteiger partial charge is 0.507 e. The van der Waals surface area contributed by atoms with E-state index in [2.05, 4.69) is 28.5 Å². The zero-order valence-electron chi connectivity index (χ0n) is 26.9. The molecule has 0 aliphatic carbocycles. The lowest BCUT2D eigenvalue weighted by Crippen LogP contribution is -2.68. The first kappa shape index (κ1) is 29.5. The lowest BCUT2D eigenvalue weighted by molar-refractivity contribution is -0.0757. The molecule has 5 atom stereocenters. The Morgan fingerprint density at radius 2 is 1.74 bits per heavy atom. The number of carbonyl (C=O) groups excluding carboxylic acids is 2. The van der Waals surface area contributed by atoms with E-state index >= 15 is 0 Å². The molecule has 0 radical (unpaired) electrons. The van der Waals surface area contributed by atoms with Gasteiger partial charge >= 0.3 is 0 Å². The molecule has 5 aliphatic heterocycles. The molecule has 0 spiro atoms. The van der Waals surface area contributed by atoms with Crippen LogP contribution in [0.2, 0.25) is 0 Å². The van der Waals surface area contributed by atoms with Gasteiger partial charge in [-0.15, -0.1) is 0 Å². The van der Waals surface area contributed by atoms with Crippen molar-refractivity contribution in [2.75, 3.05) is 27.0 Å². The first-order chi connectivity index (χ1) is 22.7. The molecule has 0 aromatic heterocycles. The number of phenolic OH excluding ortho intramolecular Hbond substituents is 1. The van der Waals surface area contributed by atoms with Crippen molar-refractivity contribution < 1.29 is 28.9 Å². The Morgan fingerprint density at radius 3 is 2.43 bits per heavy atom. The summed E-state index contributed by atoms with van der Waals surface area (Å²) in [5.74, 6) is 1.31. The number of hydrogen-bond acceptors (Lipinski definition) is 9. The quantitative estimate of drug-likeness (QED) is 0.316. The first-order valence-electron chi connectivity index (χ1n) is 16.0. The molecule has 8 rings (SSSR count). The van der Waals surface area contributed by atoms with Gasteiger partial charge in [-0.3, -0.25) is 24.3 Å². The summed E-state index contributed by atoms with van der Waals surface area (Å²) in [7, 11) is 2.03. The number of rotatable bonds is 5. The Labute approximate surface area is 273 Å². The molecule has 2 amide bonds. The van der Waals surface area contributed by atoms with E-state index in [1.165, 1.54) is 4.90 Å². The SMILES string of the molecule is C=CCOc1c(C)c2c(c3c1CC1[C@@H]4c5c(cc(C)c(C)c5O)C[C@@H]([C@H](C#N)N1[C@H]3CN1C(=O)c3ccccc3C1=O)N4C)OCO2. The number of nitriles is 1. The zero-order valence-corrected chi connectivity index (χ0v) is 26.9. The summed E-state index contributed by atoms with van der Waals surface area (Å²) >= 11 is 0. The fraction of sp³-hybridized carbons (Fsp3) is 0.378. The van der Waals surface area contributed by atoms with Crippen molar-refractivity contribution in [1.29, 1.82) is 5.26 Å². The van der Waals surface area contributed by atoms with Gasteiger partial charge in [0.1, 0.15) is 24.1 Å². The summed E-state index contributed by atoms with van der Waals surface area (Å²) in [6.45, 7) is 10.0. The minimum absolute atomic E-state index is 0.00268. The van der Waals surface area contributed by atoms with Gasteiger partial charge in [-0.2, -0.15) is 5.26 Å². The molecule has 2 bridgehead atoms. The third-order valence-corrected chi connectivity index (χ3v) is 11.0. The summed E-state index contributed by atoms with van der Waals surface area (Å²) in [6.07, 6.45) is 2.74. The van der Waals surface area contributed by atoms with Crippen LogP contribution in [0.1, 0.15) is 71.7 Å². The summed E-state index contributed by atoms with van der Waals surface area (Å²) < 4.78 is 18.5. The summed E-state index contributed by atoms with van der Waals surface area (Å²) in [5, 5.41) is 22.6. The van der Waals surface area contributed by atoms with Gasteiger partial charge in [0.05, 0.1) is 29.3 Å². The minimum Gasteiger partial charge on any atom is -0.507 e. The molecule has 3 aromatic rings. The van der Waals surface area contributed by atoms with E-state index in [0.29, 0.717) is 41.2 Å². The molecule has 240 valence electrons. The number of hydrogen-bond donors (Lipinski definition) is 1. The lowest BCUT2D eigenvalue weighted by atomic mass is 9.71. The van der Waals surface area contributed by atoms with Crippen molar-refractivity contribution in [3.63, 3.8) is 0 Å². The van der Waals surface area contributed by atoms with E-state index in [4.69, 9.17) is 14.2 Å². The van der Waals surface area contributed by atoms with Crippen molar-refractivity contribution in [2.24, 2.45) is 0 Å². The number of likely N-dealkylation sites (N-methyl/N-ethyl adjacent to an activating group) is 1. The molecule has 1 unspecified atom stereocenters. The predicted octanol–water partition coefficient (Wildman–Crippen LogP) is 4.68. The molecule has 10 nitrogen and oxygen atoms in total. The highest BCUT2D eigenvalue weighted by atomic mass is 16.7. The van der Waals surface area contributed by atoms with E-state index in [1.807, 2.05) is 27.8 Å². The summed E-state index contributed by atoms with van der Waals surface area (Å²) in [6, 6.07) is 9.64. The molecule has 0 saturated carbocycles. The van der Waals surface area contributed by atoms with Gasteiger partial charge in [-0.05, 0) is 69.5 Å². The van der Waals surface area contributed by atoms with E-state index in [9.17, 15) is 20.0 Å². The van der Waals surface area contributed by atoms with Crippen LogP contribution in [-0.2, 0) is 12.8 Å². The first-order valence-corrected chi connectivity index (χ1v) is 16.0. The Balaban J connectivity index is 1.37. The van der Waals surface area contributed by atoms with Crippen LogP contribution < -0.4 is 14.2 Å². The van der Waals surface area contributed by atoms with Crippen LogP contribution in [0.4, 0.5) is 0 Å². The van der Waals surface area contributed by atoms with Gasteiger partial charge in [-0.25, -0.2) is 0 Å². The molecular weight excluding hydrogens is 596 g/mol. The minimum atomic E-state index is -0.619. The third-order valence-electron chi connectivity index (χ3n) is 11.0. The highest BCUT2D eigenvalue weighted by molar-refractivity contribution is 6.21. The van der Waals surface area contributed by atoms with Crippen LogP contribution in [0.3, 0.4) is 0 Å². The maximum atomic E-state index is 13.8. The summed E-state index contributed by atoms with van der Waals surface area (Å²) in [4.78, 5) is 33.4. The van der Waals surface area contributed by atoms with Crippen LogP contribution in [0.25, 0.3) is 0 Å². The number of amides is 2. The number of imide groups is 1. The monoisotopic (exact) mass is 632 g/mol. The van der Waals surface area contributed by atoms with Gasteiger partial charge in [0, 0.05) is 40.9 Å². The summed E-state index contributed by atoms with van der Waals surface area (Å²) in [5.41, 5.74) is 6.93. The Morgan fingerprint density at radius 1 is 1.04 bits per heavy atom. The van der Waals surface area contributed by atoms with Crippen LogP contribution in [0.5, 0.6) is 23.0 Å². The van der Waals surface area contributed by atoms with Crippen molar-refractivity contribution >= 4 is 11.8 Å². The van der Waals surface area contributed by atoms with Crippen molar-refractivity contribution in [2.45, 2.75) is 63.8 Å². The number of aryl methyl sites for hydroxylation is 1. The molecule has 5 heterocycles. The van der Waals surface area contributed by atoms with Gasteiger partial charge in [0.2, 0.25) is 6.79 Å². The number of benzene rings is 3. The molecule has 3 aromatic carbocycles. The number of nitrogens with zero attached hydrogens (tertiary/aromatic N) is 4. The number of phenols is 1. The van der Waals surface area contributed by atoms with Crippen LogP contribution >= 0.6 is 0 Å². The van der Waals surface area contributed by atoms with Crippen LogP contribution in [0, 0.1) is 32.1 Å². The Bertz CT molecular complexity index is 1910. The second-order valence-electron chi connectivity index (χ2n) is 13.2. The Kier molecular flexibility index (Phi) is 6.66. The standard InChI is InChI=1S/C37H36N4O6/c1-6-11-45-33-20(4)34-35(47-17-46-34)30-24(33)14-26-31-29-21(12-18(2)19(3)32(29)42)13-25(39(31)5)27(15-38)41(26)28(30)16-40-36(43)22-9-7-8-10-23(22)37(40)44/h6-10,12,25-28,31,42H,1,11,13-14,16-17H2,2-5H3/t25-,26?,27-,28-,31+/m0/s1. The maximum absolute atomic E-state index is 13.8. The van der Waals surface area contributed by atoms with Crippen molar-refractivity contribution in [3.8, 4) is 29.1 Å². The number of aromatic hydroxyl groups is 1. The average Bonchev–Trinajstić information content (AvgIpc) is 3.64. The molecule has 5 aliphatic rings. The molecule has 1 N–H and O–H groups in total. The lowest BCUT2D eigenvalue weighted by Gasteiger charge is -2.60. The van der Waals surface area contributed by atoms with Crippen molar-refractivity contribution in [1.82, 2.24) is 14.7 Å². The molecule has 10 heteroatoms. The highest BCUT2D eigenvalue weighted by Gasteiger charge is 2.57. The van der Waals surface area contributed by atoms with Gasteiger partial charge < -0.3 is 19.3 Å². The van der Waals surface area contributed by atoms with Gasteiger partial charge in [-0.1, -0.05) is 30.9 Å². The number of piperazine rings is 1. The topological polar surface area (TPSA) is 116 Å². The fourth-order valence-electron chi connectivity index (χ4n) is 8.79. The average molecular weight is 633 g/mol. The van der Waals surface area contributed by atoms with E-state index in [1.54, 1.807) is 30.3 Å². The Hall–Kier alpha value is -4.85. The fourth-order valence-corrected chi connectivity index (χ4v) is 8.79. The molecule has 1 saturated heterocycles. The van der Waals surface area contributed by atoms with E-state index in [0.717, 1.165) is 38.9 Å². The van der Waals surface area contributed by atoms with E-state index in [-0.39, 0.29) is 55.6 Å². The van der Waals surface area contributed by atoms with Crippen molar-refractivity contribution in [3.05, 3.63) is 93.1 Å². The highest BCUT2D eigenvalue weighted by Crippen LogP contribution is 2.58. The van der Waals surface area contributed by atoms with E-state index < -0.39 is 12.1 Å². The predicted molar refractivity (Wildman–Crippen MR) is 172 cm³/mol. The number of carbonyl (C=O) groups is 2. The number of fused-ring (bicyclic) bond motifs is 10. The van der Waals surface area contributed by atoms with Gasteiger partial charge in [0.15, 0.2) is 11.5 Å². The smallest absolute Gasteiger partial charge is 0.261 e. The zero-order chi connectivity index (χ0) is 32.9. The van der Waals surface area contributed by atoms with Crippen LogP contribution in [-0.4, -0.2) is 76.7 Å². The molecule has 1 fully saturated rings. The molecule has 47 heavy (non-hydrogen) atoms. The van der Waals surface area contributed by atoms with Crippen LogP contribution in [0.15, 0.2) is 43.0 Å².